The summed E-state index contributed by atoms with van der Waals surface area (Å²) in [4.78, 5) is 66.4. The highest BCUT2D eigenvalue weighted by atomic mass is 16.5. The summed E-state index contributed by atoms with van der Waals surface area (Å²) in [5, 5.41) is 21.2. The smallest absolute Gasteiger partial charge is 0.257 e. The second-order valence-electron chi connectivity index (χ2n) is 12.3. The topological polar surface area (TPSA) is 175 Å². The molecule has 1 aromatic carbocycles. The van der Waals surface area contributed by atoms with Crippen molar-refractivity contribution in [1.82, 2.24) is 26.2 Å². The van der Waals surface area contributed by atoms with Gasteiger partial charge in [-0.1, -0.05) is 26.0 Å². The van der Waals surface area contributed by atoms with Crippen molar-refractivity contribution in [2.45, 2.75) is 90.5 Å². The first-order valence-electron chi connectivity index (χ1n) is 15.6. The largest absolute Gasteiger partial charge is 0.484 e. The van der Waals surface area contributed by atoms with Crippen LogP contribution >= 0.6 is 0 Å². The van der Waals surface area contributed by atoms with E-state index < -0.39 is 41.5 Å². The van der Waals surface area contributed by atoms with Gasteiger partial charge in [-0.15, -0.1) is 0 Å². The van der Waals surface area contributed by atoms with Gasteiger partial charge in [0.1, 0.15) is 23.4 Å². The van der Waals surface area contributed by atoms with Crippen molar-refractivity contribution in [3.8, 4) is 5.75 Å². The number of aliphatic hydroxyl groups is 1. The lowest BCUT2D eigenvalue weighted by Gasteiger charge is -2.31. The van der Waals surface area contributed by atoms with Crippen molar-refractivity contribution in [2.75, 3.05) is 39.9 Å². The van der Waals surface area contributed by atoms with Crippen LogP contribution in [-0.2, 0) is 35.1 Å². The molecule has 0 unspecified atom stereocenters. The molecule has 0 radical (unpaired) electrons. The predicted molar refractivity (Wildman–Crippen MR) is 168 cm³/mol. The lowest BCUT2D eigenvalue weighted by atomic mass is 10.0. The Morgan fingerprint density at radius 2 is 1.69 bits per heavy atom. The molecule has 1 aliphatic rings. The Bertz CT molecular complexity index is 1160. The summed E-state index contributed by atoms with van der Waals surface area (Å²) in [5.74, 6) is -1.59. The number of nitrogens with one attached hydrogen (secondary N) is 4. The fourth-order valence-electron chi connectivity index (χ4n) is 4.77. The normalized spacial score (nSPS) is 21.4. The molecule has 1 aliphatic heterocycles. The monoisotopic (exact) mass is 633 g/mol. The summed E-state index contributed by atoms with van der Waals surface area (Å²) in [6.07, 6.45) is 0.699. The second kappa shape index (κ2) is 18.3. The molecule has 252 valence electrons. The molecule has 0 aromatic heterocycles. The zero-order valence-corrected chi connectivity index (χ0v) is 27.4. The molecule has 13 nitrogen and oxygen atoms in total. The van der Waals surface area contributed by atoms with Crippen LogP contribution in [0.1, 0.15) is 65.9 Å². The lowest BCUT2D eigenvalue weighted by Crippen LogP contribution is -2.57. The van der Waals surface area contributed by atoms with Crippen molar-refractivity contribution in [1.29, 1.82) is 0 Å². The molecule has 5 N–H and O–H groups in total. The lowest BCUT2D eigenvalue weighted by molar-refractivity contribution is -0.151. The number of benzene rings is 1. The molecule has 1 aromatic rings. The van der Waals surface area contributed by atoms with Gasteiger partial charge in [0.25, 0.3) is 11.8 Å². The Balaban J connectivity index is 2.25. The van der Waals surface area contributed by atoms with Crippen LogP contribution in [0.2, 0.25) is 0 Å². The fourth-order valence-corrected chi connectivity index (χ4v) is 4.77. The Labute approximate surface area is 266 Å². The summed E-state index contributed by atoms with van der Waals surface area (Å²) in [6.45, 7) is 9.77. The summed E-state index contributed by atoms with van der Waals surface area (Å²) in [5.41, 5.74) is -0.411. The van der Waals surface area contributed by atoms with Crippen molar-refractivity contribution >= 4 is 29.5 Å². The van der Waals surface area contributed by atoms with E-state index in [0.717, 1.165) is 0 Å². The highest BCUT2D eigenvalue weighted by Crippen LogP contribution is 2.16. The number of fused-ring (bicyclic) bond motifs is 2. The summed E-state index contributed by atoms with van der Waals surface area (Å²) in [6, 6.07) is 4.62. The number of aliphatic hydroxyl groups excluding tert-OH is 1. The molecule has 0 spiro atoms. The first-order chi connectivity index (χ1) is 21.2. The summed E-state index contributed by atoms with van der Waals surface area (Å²) >= 11 is 0. The van der Waals surface area contributed by atoms with Crippen molar-refractivity contribution in [3.63, 3.8) is 0 Å². The molecular formula is C32H51N5O8. The maximum atomic E-state index is 13.3. The van der Waals surface area contributed by atoms with E-state index in [0.29, 0.717) is 56.6 Å². The molecule has 1 heterocycles. The average molecular weight is 634 g/mol. The first kappa shape index (κ1) is 37.5. The van der Waals surface area contributed by atoms with E-state index in [-0.39, 0.29) is 37.3 Å². The third-order valence-electron chi connectivity index (χ3n) is 7.45. The molecule has 0 saturated heterocycles. The van der Waals surface area contributed by atoms with E-state index in [2.05, 4.69) is 21.3 Å². The second-order valence-corrected chi connectivity index (χ2v) is 12.3. The number of amides is 5. The van der Waals surface area contributed by atoms with Crippen LogP contribution in [0.4, 0.5) is 0 Å². The van der Waals surface area contributed by atoms with Crippen LogP contribution in [0, 0.1) is 5.92 Å². The maximum absolute atomic E-state index is 13.3. The standard InChI is InChI=1S/C32H51N5O8/c1-21(2)17-25-29(41)36-28(22(3)38)30(42)34-13-7-8-15-37(31(43)32(4,5)44-6)16-10-14-33-27(40)20-45-24-12-9-11-23(18-24)19-26(39)35-25/h9,11-12,18,21-22,25,28,38H,7-8,10,13-17,19-20H2,1-6H3,(H,33,40)(H,34,42)(H,35,39)(H,36,41)/t22-,25-,28+/m1/s1. The number of ether oxygens (including phenoxy) is 2. The number of rotatable bonds is 5. The van der Waals surface area contributed by atoms with Gasteiger partial charge in [-0.25, -0.2) is 0 Å². The Morgan fingerprint density at radius 3 is 2.36 bits per heavy atom. The molecule has 13 heteroatoms. The third kappa shape index (κ3) is 13.0. The van der Waals surface area contributed by atoms with Gasteiger partial charge in [-0.05, 0) is 70.1 Å². The van der Waals surface area contributed by atoms with E-state index >= 15 is 0 Å². The number of hydrogen-bond acceptors (Lipinski definition) is 8. The minimum Gasteiger partial charge on any atom is -0.484 e. The van der Waals surface area contributed by atoms with Crippen LogP contribution in [0.15, 0.2) is 24.3 Å². The third-order valence-corrected chi connectivity index (χ3v) is 7.45. The van der Waals surface area contributed by atoms with Crippen molar-refractivity contribution in [2.24, 2.45) is 5.92 Å². The van der Waals surface area contributed by atoms with Gasteiger partial charge in [0.15, 0.2) is 6.61 Å². The van der Waals surface area contributed by atoms with Gasteiger partial charge in [0, 0.05) is 33.3 Å². The molecular weight excluding hydrogens is 582 g/mol. The Morgan fingerprint density at radius 1 is 1.00 bits per heavy atom. The average Bonchev–Trinajstić information content (AvgIpc) is 2.98. The number of carbonyl (C=O) groups excluding carboxylic acids is 5. The Kier molecular flexibility index (Phi) is 15.2. The van der Waals surface area contributed by atoms with Gasteiger partial charge >= 0.3 is 0 Å². The molecule has 3 atom stereocenters. The molecule has 2 rings (SSSR count). The quantitative estimate of drug-likeness (QED) is 0.315. The van der Waals surface area contributed by atoms with Gasteiger partial charge in [-0.3, -0.25) is 24.0 Å². The minimum absolute atomic E-state index is 0.0410. The van der Waals surface area contributed by atoms with Crippen LogP contribution < -0.4 is 26.0 Å². The molecule has 0 saturated carbocycles. The molecule has 0 aliphatic carbocycles. The van der Waals surface area contributed by atoms with Gasteiger partial charge in [0.2, 0.25) is 17.7 Å². The number of nitrogens with zero attached hydrogens (tertiary/aromatic N) is 1. The zero-order valence-electron chi connectivity index (χ0n) is 27.4. The maximum Gasteiger partial charge on any atom is 0.257 e. The molecule has 0 fully saturated rings. The zero-order chi connectivity index (χ0) is 33.6. The van der Waals surface area contributed by atoms with Crippen LogP contribution in [0.25, 0.3) is 0 Å². The van der Waals surface area contributed by atoms with E-state index in [4.69, 9.17) is 9.47 Å². The van der Waals surface area contributed by atoms with Crippen molar-refractivity contribution in [3.05, 3.63) is 29.8 Å². The van der Waals surface area contributed by atoms with Crippen LogP contribution in [0.5, 0.6) is 5.75 Å². The highest BCUT2D eigenvalue weighted by molar-refractivity contribution is 5.92. The van der Waals surface area contributed by atoms with E-state index in [1.54, 1.807) is 43.0 Å². The van der Waals surface area contributed by atoms with Gasteiger partial charge in [-0.2, -0.15) is 0 Å². The molecule has 45 heavy (non-hydrogen) atoms. The SMILES string of the molecule is COC(C)(C)C(=O)N1CCCCNC(=O)[C@H]([C@@H](C)O)NC(=O)[C@@H](CC(C)C)NC(=O)Cc2cccc(c2)OCC(=O)NCCC1. The first-order valence-corrected chi connectivity index (χ1v) is 15.6. The minimum atomic E-state index is -1.22. The highest BCUT2D eigenvalue weighted by Gasteiger charge is 2.32. The summed E-state index contributed by atoms with van der Waals surface area (Å²) < 4.78 is 11.0. The van der Waals surface area contributed by atoms with E-state index in [1.807, 2.05) is 13.8 Å². The van der Waals surface area contributed by atoms with Crippen molar-refractivity contribution < 1.29 is 38.6 Å². The van der Waals surface area contributed by atoms with Crippen LogP contribution in [-0.4, -0.2) is 103 Å². The molecule has 2 bridgehead atoms. The van der Waals surface area contributed by atoms with Crippen LogP contribution in [0.3, 0.4) is 0 Å². The number of hydrogen-bond donors (Lipinski definition) is 5. The number of carbonyl (C=O) groups is 5. The number of methoxy groups -OCH3 is 1. The van der Waals surface area contributed by atoms with E-state index in [9.17, 15) is 29.1 Å². The predicted octanol–water partition coefficient (Wildman–Crippen LogP) is 0.674. The van der Waals surface area contributed by atoms with E-state index in [1.165, 1.54) is 14.0 Å². The van der Waals surface area contributed by atoms with Gasteiger partial charge in [0.05, 0.1) is 12.5 Å². The fraction of sp³-hybridized carbons (Fsp3) is 0.656. The van der Waals surface area contributed by atoms with Gasteiger partial charge < -0.3 is 40.7 Å². The summed E-state index contributed by atoms with van der Waals surface area (Å²) in [7, 11) is 1.47. The molecule has 5 amide bonds. The Hall–Kier alpha value is -3.71.